The lowest BCUT2D eigenvalue weighted by Gasteiger charge is -1.88. The van der Waals surface area contributed by atoms with Gasteiger partial charge in [0.2, 0.25) is 0 Å². The minimum absolute atomic E-state index is 0.867. The van der Waals surface area contributed by atoms with E-state index in [1.807, 2.05) is 0 Å². The van der Waals surface area contributed by atoms with Crippen LogP contribution in [0.25, 0.3) is 0 Å². The summed E-state index contributed by atoms with van der Waals surface area (Å²) in [5, 5.41) is 1.05. The fourth-order valence-corrected chi connectivity index (χ4v) is 0.991. The van der Waals surface area contributed by atoms with E-state index in [0.717, 1.165) is 36.0 Å². The molecule has 0 aliphatic rings. The lowest BCUT2D eigenvalue weighted by Crippen LogP contribution is -1.78. The Hall–Kier alpha value is 0.790. The van der Waals surface area contributed by atoms with Crippen LogP contribution in [0, 0.1) is 0 Å². The van der Waals surface area contributed by atoms with Crippen LogP contribution in [0.15, 0.2) is 0 Å². The van der Waals surface area contributed by atoms with Crippen LogP contribution in [0.3, 0.4) is 0 Å². The Morgan fingerprint density at radius 3 is 2.57 bits per heavy atom. The molecule has 3 heteroatoms. The van der Waals surface area contributed by atoms with Gasteiger partial charge in [0.25, 0.3) is 0 Å². The zero-order valence-electron chi connectivity index (χ0n) is 4.06. The molecule has 44 valence electrons. The van der Waals surface area contributed by atoms with Crippen molar-refractivity contribution in [3.8, 4) is 0 Å². The minimum Gasteiger partial charge on any atom is -0.330 e. The normalized spacial score (nSPS) is 9.43. The van der Waals surface area contributed by atoms with Crippen LogP contribution < -0.4 is 0 Å². The Labute approximate surface area is 56.8 Å². The summed E-state index contributed by atoms with van der Waals surface area (Å²) in [4.78, 5) is 0. The lowest BCUT2D eigenvalue weighted by atomic mass is 10.4. The van der Waals surface area contributed by atoms with Crippen LogP contribution in [0.1, 0.15) is 12.8 Å². The summed E-state index contributed by atoms with van der Waals surface area (Å²) >= 11 is 4.21. The Bertz CT molecular complexity index is 30.9. The molecule has 0 fully saturated rings. The second-order valence-electron chi connectivity index (χ2n) is 1.23. The molecule has 0 bridgehead atoms. The van der Waals surface area contributed by atoms with Crippen LogP contribution in [0.4, 0.5) is 0 Å². The molecule has 0 radical (unpaired) electrons. The first-order chi connectivity index (χ1) is 3.41. The smallest absolute Gasteiger partial charge is 0.0195 e. The van der Waals surface area contributed by atoms with Crippen molar-refractivity contribution in [2.24, 2.45) is 0 Å². The SMILES string of the molecule is OSCCCCBr. The predicted molar refractivity (Wildman–Crippen MR) is 38.1 cm³/mol. The van der Waals surface area contributed by atoms with Crippen LogP contribution in [-0.4, -0.2) is 15.6 Å². The zero-order chi connectivity index (χ0) is 5.54. The molecule has 0 aromatic carbocycles. The Balaban J connectivity index is 2.45. The third-order valence-corrected chi connectivity index (χ3v) is 1.65. The fourth-order valence-electron chi connectivity index (χ4n) is 0.261. The summed E-state index contributed by atoms with van der Waals surface area (Å²) in [6.45, 7) is 0. The van der Waals surface area contributed by atoms with E-state index in [0.29, 0.717) is 0 Å². The maximum atomic E-state index is 8.19. The van der Waals surface area contributed by atoms with Gasteiger partial charge in [-0.05, 0) is 24.9 Å². The fraction of sp³-hybridized carbons (Fsp3) is 1.00. The van der Waals surface area contributed by atoms with Crippen LogP contribution in [0.2, 0.25) is 0 Å². The number of alkyl halides is 1. The molecule has 1 N–H and O–H groups in total. The molecule has 0 heterocycles. The molecular weight excluding hydrogens is 176 g/mol. The molecule has 0 aliphatic heterocycles. The highest BCUT2D eigenvalue weighted by Gasteiger charge is 1.82. The largest absolute Gasteiger partial charge is 0.330 e. The molecule has 0 saturated heterocycles. The van der Waals surface area contributed by atoms with E-state index < -0.39 is 0 Å². The van der Waals surface area contributed by atoms with Gasteiger partial charge in [0.1, 0.15) is 0 Å². The van der Waals surface area contributed by atoms with Gasteiger partial charge in [-0.15, -0.1) is 0 Å². The van der Waals surface area contributed by atoms with E-state index in [1.165, 1.54) is 0 Å². The van der Waals surface area contributed by atoms with Gasteiger partial charge in [-0.2, -0.15) is 0 Å². The predicted octanol–water partition coefficient (Wildman–Crippen LogP) is 2.37. The highest BCUT2D eigenvalue weighted by molar-refractivity contribution is 9.09. The standard InChI is InChI=1S/C4H9BrOS/c5-3-1-2-4-7-6/h6H,1-4H2. The third kappa shape index (κ3) is 6.79. The average molecular weight is 185 g/mol. The van der Waals surface area contributed by atoms with Gasteiger partial charge >= 0.3 is 0 Å². The molecule has 7 heavy (non-hydrogen) atoms. The number of unbranched alkanes of at least 4 members (excludes halogenated alkanes) is 1. The van der Waals surface area contributed by atoms with Gasteiger partial charge < -0.3 is 4.55 Å². The van der Waals surface area contributed by atoms with E-state index in [4.69, 9.17) is 4.55 Å². The van der Waals surface area contributed by atoms with Crippen molar-refractivity contribution in [3.63, 3.8) is 0 Å². The van der Waals surface area contributed by atoms with Crippen LogP contribution >= 0.6 is 28.0 Å². The average Bonchev–Trinajstić information content (AvgIpc) is 1.69. The Morgan fingerprint density at radius 1 is 1.43 bits per heavy atom. The highest BCUT2D eigenvalue weighted by Crippen LogP contribution is 1.99. The van der Waals surface area contributed by atoms with E-state index in [-0.39, 0.29) is 0 Å². The molecule has 0 aromatic heterocycles. The van der Waals surface area contributed by atoms with Gasteiger partial charge in [0.05, 0.1) is 0 Å². The van der Waals surface area contributed by atoms with Crippen molar-refractivity contribution >= 4 is 28.0 Å². The van der Waals surface area contributed by atoms with Gasteiger partial charge in [-0.1, -0.05) is 15.9 Å². The van der Waals surface area contributed by atoms with Gasteiger partial charge in [0, 0.05) is 11.1 Å². The van der Waals surface area contributed by atoms with Crippen molar-refractivity contribution in [1.29, 1.82) is 0 Å². The molecule has 0 rings (SSSR count). The summed E-state index contributed by atoms with van der Waals surface area (Å²) < 4.78 is 8.19. The molecule has 0 aliphatic carbocycles. The molecule has 1 nitrogen and oxygen atoms in total. The summed E-state index contributed by atoms with van der Waals surface area (Å²) in [5.41, 5.74) is 0. The first-order valence-corrected chi connectivity index (χ1v) is 4.30. The zero-order valence-corrected chi connectivity index (χ0v) is 6.46. The highest BCUT2D eigenvalue weighted by atomic mass is 79.9. The number of halogens is 1. The van der Waals surface area contributed by atoms with E-state index in [9.17, 15) is 0 Å². The van der Waals surface area contributed by atoms with Crippen molar-refractivity contribution in [3.05, 3.63) is 0 Å². The van der Waals surface area contributed by atoms with Crippen molar-refractivity contribution in [2.75, 3.05) is 11.1 Å². The minimum atomic E-state index is 0.867. The quantitative estimate of drug-likeness (QED) is 0.412. The van der Waals surface area contributed by atoms with Crippen LogP contribution in [0.5, 0.6) is 0 Å². The third-order valence-electron chi connectivity index (χ3n) is 0.619. The van der Waals surface area contributed by atoms with Crippen molar-refractivity contribution in [1.82, 2.24) is 0 Å². The van der Waals surface area contributed by atoms with Gasteiger partial charge in [-0.3, -0.25) is 0 Å². The van der Waals surface area contributed by atoms with E-state index in [1.54, 1.807) is 0 Å². The molecule has 0 unspecified atom stereocenters. The van der Waals surface area contributed by atoms with E-state index in [2.05, 4.69) is 15.9 Å². The number of rotatable bonds is 4. The molecule has 0 saturated carbocycles. The maximum absolute atomic E-state index is 8.19. The van der Waals surface area contributed by atoms with Crippen molar-refractivity contribution < 1.29 is 4.55 Å². The second-order valence-corrected chi connectivity index (χ2v) is 2.69. The Morgan fingerprint density at radius 2 is 2.14 bits per heavy atom. The molecule has 0 amide bonds. The maximum Gasteiger partial charge on any atom is 0.0195 e. The first kappa shape index (κ1) is 7.79. The number of hydrogen-bond acceptors (Lipinski definition) is 2. The van der Waals surface area contributed by atoms with Gasteiger partial charge in [0.15, 0.2) is 0 Å². The summed E-state index contributed by atoms with van der Waals surface area (Å²) in [5.74, 6) is 0.867. The van der Waals surface area contributed by atoms with Crippen LogP contribution in [-0.2, 0) is 0 Å². The first-order valence-electron chi connectivity index (χ1n) is 2.24. The summed E-state index contributed by atoms with van der Waals surface area (Å²) in [6, 6.07) is 0. The lowest BCUT2D eigenvalue weighted by molar-refractivity contribution is 0.660. The molecule has 0 aromatic rings. The summed E-state index contributed by atoms with van der Waals surface area (Å²) in [7, 11) is 0. The monoisotopic (exact) mass is 184 g/mol. The summed E-state index contributed by atoms with van der Waals surface area (Å²) in [6.07, 6.45) is 2.26. The molecule has 0 spiro atoms. The second kappa shape index (κ2) is 6.79. The topological polar surface area (TPSA) is 20.2 Å². The number of hydrogen-bond donors (Lipinski definition) is 1. The van der Waals surface area contributed by atoms with E-state index >= 15 is 0 Å². The molecular formula is C4H9BrOS. The van der Waals surface area contributed by atoms with Gasteiger partial charge in [-0.25, -0.2) is 0 Å². The Kier molecular flexibility index (Phi) is 7.56. The molecule has 0 atom stereocenters. The van der Waals surface area contributed by atoms with Crippen molar-refractivity contribution in [2.45, 2.75) is 12.8 Å².